The summed E-state index contributed by atoms with van der Waals surface area (Å²) in [6.45, 7) is 1.82. The second-order valence-corrected chi connectivity index (χ2v) is 9.38. The molecule has 4 heterocycles. The van der Waals surface area contributed by atoms with E-state index in [1.54, 1.807) is 6.20 Å². The molecule has 1 saturated heterocycles. The van der Waals surface area contributed by atoms with Crippen molar-refractivity contribution in [3.63, 3.8) is 0 Å². The monoisotopic (exact) mass is 455 g/mol. The van der Waals surface area contributed by atoms with E-state index in [9.17, 15) is 0 Å². The highest BCUT2D eigenvalue weighted by Crippen LogP contribution is 2.33. The Labute approximate surface area is 199 Å². The Morgan fingerprint density at radius 2 is 1.85 bits per heavy atom. The number of hydrogen-bond acceptors (Lipinski definition) is 7. The molecule has 0 N–H and O–H groups in total. The topological polar surface area (TPSA) is 77.2 Å². The molecule has 2 fully saturated rings. The highest BCUT2D eigenvalue weighted by atomic mass is 16.5. The second kappa shape index (κ2) is 9.50. The molecule has 7 heteroatoms. The van der Waals surface area contributed by atoms with Gasteiger partial charge in [-0.1, -0.05) is 29.8 Å². The Bertz CT molecular complexity index is 1250. The number of ether oxygens (including phenoxy) is 1. The lowest BCUT2D eigenvalue weighted by Crippen LogP contribution is -2.23. The average molecular weight is 456 g/mol. The van der Waals surface area contributed by atoms with Gasteiger partial charge in [-0.25, -0.2) is 4.98 Å². The molecule has 7 nitrogen and oxygen atoms in total. The van der Waals surface area contributed by atoms with E-state index in [2.05, 4.69) is 38.2 Å². The fourth-order valence-electron chi connectivity index (χ4n) is 5.16. The fraction of sp³-hybridized carbons (Fsp3) is 0.407. The van der Waals surface area contributed by atoms with E-state index in [-0.39, 0.29) is 12.1 Å². The van der Waals surface area contributed by atoms with Crippen LogP contribution in [0.1, 0.15) is 62.4 Å². The lowest BCUT2D eigenvalue weighted by atomic mass is 9.98. The summed E-state index contributed by atoms with van der Waals surface area (Å²) in [6, 6.07) is 14.4. The molecule has 0 amide bonds. The van der Waals surface area contributed by atoms with E-state index in [4.69, 9.17) is 14.2 Å². The zero-order valence-corrected chi connectivity index (χ0v) is 19.3. The normalized spacial score (nSPS) is 19.6. The molecule has 4 aromatic rings. The van der Waals surface area contributed by atoms with Crippen LogP contribution in [0.25, 0.3) is 22.3 Å². The van der Waals surface area contributed by atoms with Gasteiger partial charge in [-0.05, 0) is 68.8 Å². The predicted octanol–water partition coefficient (Wildman–Crippen LogP) is 5.73. The van der Waals surface area contributed by atoms with Crippen LogP contribution in [0, 0.1) is 0 Å². The van der Waals surface area contributed by atoms with E-state index in [1.807, 2.05) is 30.5 Å². The summed E-state index contributed by atoms with van der Waals surface area (Å²) in [5.74, 6) is 1.92. The molecule has 0 bridgehead atoms. The Morgan fingerprint density at radius 3 is 2.74 bits per heavy atom. The van der Waals surface area contributed by atoms with E-state index in [1.165, 1.54) is 30.2 Å². The third-order valence-electron chi connectivity index (χ3n) is 6.96. The maximum atomic E-state index is 6.04. The number of para-hydroxylation sites is 1. The minimum absolute atomic E-state index is 0.120. The molecule has 6 rings (SSSR count). The number of fused-ring (bicyclic) bond motifs is 1. The highest BCUT2D eigenvalue weighted by molar-refractivity contribution is 5.78. The van der Waals surface area contributed by atoms with Crippen LogP contribution in [-0.4, -0.2) is 37.7 Å². The van der Waals surface area contributed by atoms with Crippen LogP contribution in [0.5, 0.6) is 5.88 Å². The summed E-state index contributed by atoms with van der Waals surface area (Å²) in [5, 5.41) is 5.42. The van der Waals surface area contributed by atoms with Crippen LogP contribution in [-0.2, 0) is 6.54 Å². The van der Waals surface area contributed by atoms with E-state index < -0.39 is 0 Å². The number of hydrogen-bond donors (Lipinski definition) is 0. The van der Waals surface area contributed by atoms with Crippen LogP contribution in [0.15, 0.2) is 59.4 Å². The standard InChI is InChI=1S/C27H29N5O2/c1-2-8-22(9-3-1)33-25-13-12-21(17-29-25)26-30-27(34-31-26)24-11-6-14-32(24)18-19-15-20-7-4-5-10-23(20)28-16-19/h4-5,7,10,12-13,15-17,22,24H,1-3,6,8-9,11,14,18H2. The summed E-state index contributed by atoms with van der Waals surface area (Å²) in [6.07, 6.45) is 12.2. The second-order valence-electron chi connectivity index (χ2n) is 9.38. The van der Waals surface area contributed by atoms with Gasteiger partial charge in [0, 0.05) is 36.0 Å². The van der Waals surface area contributed by atoms with Crippen LogP contribution in [0.2, 0.25) is 0 Å². The van der Waals surface area contributed by atoms with Gasteiger partial charge in [-0.15, -0.1) is 0 Å². The van der Waals surface area contributed by atoms with Crippen molar-refractivity contribution in [3.8, 4) is 17.3 Å². The summed E-state index contributed by atoms with van der Waals surface area (Å²) < 4.78 is 11.8. The molecule has 2 aliphatic rings. The number of pyridine rings is 2. The number of aromatic nitrogens is 4. The van der Waals surface area contributed by atoms with Gasteiger partial charge in [0.15, 0.2) is 0 Å². The third-order valence-corrected chi connectivity index (χ3v) is 6.96. The Hall–Kier alpha value is -3.32. The zero-order valence-electron chi connectivity index (χ0n) is 19.3. The molecule has 1 aromatic carbocycles. The molecule has 0 radical (unpaired) electrons. The quantitative estimate of drug-likeness (QED) is 0.367. The number of benzene rings is 1. The molecule has 34 heavy (non-hydrogen) atoms. The summed E-state index contributed by atoms with van der Waals surface area (Å²) >= 11 is 0. The van der Waals surface area contributed by atoms with Crippen LogP contribution in [0.3, 0.4) is 0 Å². The van der Waals surface area contributed by atoms with Crippen molar-refractivity contribution >= 4 is 10.9 Å². The average Bonchev–Trinajstić information content (AvgIpc) is 3.55. The molecule has 174 valence electrons. The molecular formula is C27H29N5O2. The van der Waals surface area contributed by atoms with Crippen LogP contribution < -0.4 is 4.74 Å². The third kappa shape index (κ3) is 4.53. The van der Waals surface area contributed by atoms with Crippen LogP contribution >= 0.6 is 0 Å². The smallest absolute Gasteiger partial charge is 0.244 e. The molecule has 1 aliphatic carbocycles. The van der Waals surface area contributed by atoms with Gasteiger partial charge in [-0.3, -0.25) is 9.88 Å². The molecular weight excluding hydrogens is 426 g/mol. The van der Waals surface area contributed by atoms with Gasteiger partial charge in [0.25, 0.3) is 0 Å². The van der Waals surface area contributed by atoms with Gasteiger partial charge in [0.1, 0.15) is 6.10 Å². The first-order valence-corrected chi connectivity index (χ1v) is 12.4. The first kappa shape index (κ1) is 21.2. The lowest BCUT2D eigenvalue weighted by molar-refractivity contribution is 0.148. The van der Waals surface area contributed by atoms with Crippen molar-refractivity contribution in [2.45, 2.75) is 63.6 Å². The van der Waals surface area contributed by atoms with Gasteiger partial charge in [0.05, 0.1) is 11.6 Å². The first-order chi connectivity index (χ1) is 16.8. The van der Waals surface area contributed by atoms with E-state index >= 15 is 0 Å². The Morgan fingerprint density at radius 1 is 0.941 bits per heavy atom. The molecule has 1 unspecified atom stereocenters. The van der Waals surface area contributed by atoms with E-state index in [0.29, 0.717) is 17.6 Å². The number of nitrogens with zero attached hydrogens (tertiary/aromatic N) is 5. The Balaban J connectivity index is 1.14. The van der Waals surface area contributed by atoms with Crippen molar-refractivity contribution in [2.24, 2.45) is 0 Å². The van der Waals surface area contributed by atoms with E-state index in [0.717, 1.165) is 49.9 Å². The number of rotatable bonds is 6. The fourth-order valence-corrected chi connectivity index (χ4v) is 5.16. The first-order valence-electron chi connectivity index (χ1n) is 12.4. The van der Waals surface area contributed by atoms with Gasteiger partial charge >= 0.3 is 0 Å². The van der Waals surface area contributed by atoms with Gasteiger partial charge in [-0.2, -0.15) is 4.98 Å². The van der Waals surface area contributed by atoms with Crippen molar-refractivity contribution < 1.29 is 9.26 Å². The van der Waals surface area contributed by atoms with Crippen molar-refractivity contribution in [2.75, 3.05) is 6.54 Å². The predicted molar refractivity (Wildman–Crippen MR) is 129 cm³/mol. The molecule has 1 saturated carbocycles. The number of likely N-dealkylation sites (tertiary alicyclic amines) is 1. The van der Waals surface area contributed by atoms with Gasteiger partial charge < -0.3 is 9.26 Å². The lowest BCUT2D eigenvalue weighted by Gasteiger charge is -2.22. The molecule has 3 aromatic heterocycles. The Kier molecular flexibility index (Phi) is 5.93. The zero-order chi connectivity index (χ0) is 22.7. The van der Waals surface area contributed by atoms with Crippen molar-refractivity contribution in [3.05, 3.63) is 66.3 Å². The molecule has 0 spiro atoms. The summed E-state index contributed by atoms with van der Waals surface area (Å²) in [4.78, 5) is 16.2. The maximum Gasteiger partial charge on any atom is 0.244 e. The van der Waals surface area contributed by atoms with Gasteiger partial charge in [0.2, 0.25) is 17.6 Å². The molecule has 1 aliphatic heterocycles. The SMILES string of the molecule is c1ccc2ncc(CN3CCCC3c3nc(-c4ccc(OC5CCCCC5)nc4)no3)cc2c1. The largest absolute Gasteiger partial charge is 0.474 e. The van der Waals surface area contributed by atoms with Crippen molar-refractivity contribution in [1.82, 2.24) is 25.0 Å². The minimum atomic E-state index is 0.120. The highest BCUT2D eigenvalue weighted by Gasteiger charge is 2.31. The molecule has 1 atom stereocenters. The van der Waals surface area contributed by atoms with Crippen LogP contribution in [0.4, 0.5) is 0 Å². The summed E-state index contributed by atoms with van der Waals surface area (Å²) in [7, 11) is 0. The van der Waals surface area contributed by atoms with Crippen molar-refractivity contribution in [1.29, 1.82) is 0 Å². The minimum Gasteiger partial charge on any atom is -0.474 e. The summed E-state index contributed by atoms with van der Waals surface area (Å²) in [5.41, 5.74) is 3.06. The maximum absolute atomic E-state index is 6.04.